The highest BCUT2D eigenvalue weighted by molar-refractivity contribution is 9.08. The molecule has 0 spiro atoms. The minimum atomic E-state index is -4.92. The Balaban J connectivity index is 3.30. The zero-order valence-corrected chi connectivity index (χ0v) is 14.3. The van der Waals surface area contributed by atoms with E-state index in [1.165, 1.54) is 7.11 Å². The maximum absolute atomic E-state index is 13.0. The van der Waals surface area contributed by atoms with Crippen molar-refractivity contribution in [3.63, 3.8) is 0 Å². The molecular weight excluding hydrogens is 365 g/mol. The lowest BCUT2D eigenvalue weighted by molar-refractivity contribution is -0.277. The van der Waals surface area contributed by atoms with E-state index >= 15 is 0 Å². The van der Waals surface area contributed by atoms with Crippen LogP contribution in [-0.2, 0) is 10.7 Å². The number of para-hydroxylation sites is 1. The van der Waals surface area contributed by atoms with Crippen LogP contribution in [0.1, 0.15) is 31.4 Å². The third-order valence-electron chi connectivity index (χ3n) is 3.70. The molecule has 0 saturated heterocycles. The lowest BCUT2D eigenvalue weighted by Crippen LogP contribution is -2.52. The normalized spacial score (nSPS) is 15.5. The minimum absolute atomic E-state index is 0.479. The summed E-state index contributed by atoms with van der Waals surface area (Å²) in [4.78, 5) is 0. The molecule has 1 aromatic carbocycles. The SMILES string of the molecule is COc1c(CBr)cccc1C(C)(C)CC(O)(CO)C(F)(F)F. The van der Waals surface area contributed by atoms with Gasteiger partial charge in [0.25, 0.3) is 0 Å². The quantitative estimate of drug-likeness (QED) is 0.737. The molecule has 1 rings (SSSR count). The van der Waals surface area contributed by atoms with E-state index in [1.807, 2.05) is 0 Å². The topological polar surface area (TPSA) is 49.7 Å². The van der Waals surface area contributed by atoms with E-state index in [9.17, 15) is 18.3 Å². The first kappa shape index (κ1) is 19.3. The van der Waals surface area contributed by atoms with Crippen molar-refractivity contribution in [1.29, 1.82) is 0 Å². The van der Waals surface area contributed by atoms with Crippen LogP contribution < -0.4 is 4.74 Å². The number of aliphatic hydroxyl groups is 2. The Morgan fingerprint density at radius 3 is 2.23 bits per heavy atom. The Morgan fingerprint density at radius 1 is 1.23 bits per heavy atom. The standard InChI is InChI=1S/C15H20BrF3O3/c1-13(2,8-14(21,9-20)15(17,18)19)11-6-4-5-10(7-16)12(11)22-3/h4-6,20-21H,7-9H2,1-3H3. The Bertz CT molecular complexity index is 517. The summed E-state index contributed by atoms with van der Waals surface area (Å²) in [6.45, 7) is 1.77. The largest absolute Gasteiger partial charge is 0.496 e. The number of rotatable bonds is 6. The summed E-state index contributed by atoms with van der Waals surface area (Å²) in [7, 11) is 1.45. The average Bonchev–Trinajstić information content (AvgIpc) is 2.44. The summed E-state index contributed by atoms with van der Waals surface area (Å²) in [5.41, 5.74) is -2.88. The number of hydrogen-bond donors (Lipinski definition) is 2. The van der Waals surface area contributed by atoms with Crippen molar-refractivity contribution in [2.45, 2.75) is 42.8 Å². The molecule has 0 radical (unpaired) electrons. The van der Waals surface area contributed by atoms with Crippen molar-refractivity contribution >= 4 is 15.9 Å². The predicted octanol–water partition coefficient (Wildman–Crippen LogP) is 3.54. The predicted molar refractivity (Wildman–Crippen MR) is 81.4 cm³/mol. The van der Waals surface area contributed by atoms with Crippen molar-refractivity contribution < 1.29 is 28.1 Å². The average molecular weight is 385 g/mol. The Labute approximate surface area is 136 Å². The van der Waals surface area contributed by atoms with Crippen molar-refractivity contribution in [3.8, 4) is 5.75 Å². The number of methoxy groups -OCH3 is 1. The number of aliphatic hydroxyl groups excluding tert-OH is 1. The smallest absolute Gasteiger partial charge is 0.419 e. The van der Waals surface area contributed by atoms with Crippen LogP contribution in [0.5, 0.6) is 5.75 Å². The molecule has 0 aliphatic carbocycles. The van der Waals surface area contributed by atoms with Crippen LogP contribution in [0, 0.1) is 0 Å². The van der Waals surface area contributed by atoms with Gasteiger partial charge in [-0.3, -0.25) is 0 Å². The van der Waals surface area contributed by atoms with Crippen molar-refractivity contribution in [2.75, 3.05) is 13.7 Å². The molecule has 0 amide bonds. The van der Waals surface area contributed by atoms with E-state index in [0.717, 1.165) is 5.56 Å². The molecule has 22 heavy (non-hydrogen) atoms. The van der Waals surface area contributed by atoms with Crippen molar-refractivity contribution in [3.05, 3.63) is 29.3 Å². The third-order valence-corrected chi connectivity index (χ3v) is 4.30. The summed E-state index contributed by atoms with van der Waals surface area (Å²) >= 11 is 3.31. The van der Waals surface area contributed by atoms with Gasteiger partial charge in [0.15, 0.2) is 5.60 Å². The zero-order valence-electron chi connectivity index (χ0n) is 12.7. The van der Waals surface area contributed by atoms with Crippen LogP contribution in [0.2, 0.25) is 0 Å². The van der Waals surface area contributed by atoms with Crippen molar-refractivity contribution in [2.24, 2.45) is 0 Å². The van der Waals surface area contributed by atoms with E-state index in [0.29, 0.717) is 16.6 Å². The molecule has 0 aliphatic heterocycles. The molecule has 0 aliphatic rings. The summed E-state index contributed by atoms with van der Waals surface area (Å²) in [6.07, 6.45) is -5.60. The Kier molecular flexibility index (Phi) is 5.92. The van der Waals surface area contributed by atoms with Gasteiger partial charge in [-0.15, -0.1) is 0 Å². The molecule has 1 atom stereocenters. The molecule has 0 saturated carbocycles. The van der Waals surface area contributed by atoms with Crippen molar-refractivity contribution in [1.82, 2.24) is 0 Å². The van der Waals surface area contributed by atoms with Crippen LogP contribution in [-0.4, -0.2) is 35.7 Å². The first-order valence-corrected chi connectivity index (χ1v) is 7.77. The Morgan fingerprint density at radius 2 is 1.82 bits per heavy atom. The van der Waals surface area contributed by atoms with Gasteiger partial charge in [-0.1, -0.05) is 48.0 Å². The fourth-order valence-electron chi connectivity index (χ4n) is 2.54. The molecule has 126 valence electrons. The van der Waals surface area contributed by atoms with Gasteiger partial charge in [0.1, 0.15) is 5.75 Å². The molecule has 0 fully saturated rings. The van der Waals surface area contributed by atoms with Gasteiger partial charge in [0.2, 0.25) is 0 Å². The van der Waals surface area contributed by atoms with E-state index in [1.54, 1.807) is 32.0 Å². The molecule has 7 heteroatoms. The summed E-state index contributed by atoms with van der Waals surface area (Å²) < 4.78 is 44.4. The minimum Gasteiger partial charge on any atom is -0.496 e. The van der Waals surface area contributed by atoms with E-state index in [2.05, 4.69) is 15.9 Å². The second kappa shape index (κ2) is 6.76. The summed E-state index contributed by atoms with van der Waals surface area (Å²) in [6, 6.07) is 5.19. The molecule has 0 aromatic heterocycles. The fourth-order valence-corrected chi connectivity index (χ4v) is 2.98. The van der Waals surface area contributed by atoms with E-state index < -0.39 is 30.2 Å². The number of benzene rings is 1. The monoisotopic (exact) mass is 384 g/mol. The fraction of sp³-hybridized carbons (Fsp3) is 0.600. The highest BCUT2D eigenvalue weighted by Gasteiger charge is 2.55. The van der Waals surface area contributed by atoms with Crippen LogP contribution in [0.15, 0.2) is 18.2 Å². The summed E-state index contributed by atoms with van der Waals surface area (Å²) in [5.74, 6) is 0.479. The molecule has 0 heterocycles. The van der Waals surface area contributed by atoms with Gasteiger partial charge < -0.3 is 14.9 Å². The first-order chi connectivity index (χ1) is 10.0. The lowest BCUT2D eigenvalue weighted by Gasteiger charge is -2.37. The Hall–Kier alpha value is -0.790. The van der Waals surface area contributed by atoms with Gasteiger partial charge in [0, 0.05) is 16.5 Å². The number of ether oxygens (including phenoxy) is 1. The van der Waals surface area contributed by atoms with E-state index in [-0.39, 0.29) is 0 Å². The van der Waals surface area contributed by atoms with Gasteiger partial charge in [0.05, 0.1) is 13.7 Å². The molecule has 1 unspecified atom stereocenters. The maximum Gasteiger partial charge on any atom is 0.419 e. The molecular formula is C15H20BrF3O3. The number of hydrogen-bond acceptors (Lipinski definition) is 3. The first-order valence-electron chi connectivity index (χ1n) is 6.64. The second-order valence-electron chi connectivity index (χ2n) is 5.88. The number of alkyl halides is 4. The highest BCUT2D eigenvalue weighted by atomic mass is 79.9. The lowest BCUT2D eigenvalue weighted by atomic mass is 9.74. The van der Waals surface area contributed by atoms with Gasteiger partial charge in [-0.25, -0.2) is 0 Å². The third kappa shape index (κ3) is 3.75. The molecule has 2 N–H and O–H groups in total. The number of halogens is 4. The van der Waals surface area contributed by atoms with Crippen LogP contribution in [0.25, 0.3) is 0 Å². The van der Waals surface area contributed by atoms with E-state index in [4.69, 9.17) is 9.84 Å². The van der Waals surface area contributed by atoms with Gasteiger partial charge in [-0.05, 0) is 11.8 Å². The summed E-state index contributed by atoms with van der Waals surface area (Å²) in [5, 5.41) is 19.4. The van der Waals surface area contributed by atoms with Crippen LogP contribution >= 0.6 is 15.9 Å². The van der Waals surface area contributed by atoms with Crippen LogP contribution in [0.4, 0.5) is 13.2 Å². The van der Waals surface area contributed by atoms with Crippen LogP contribution in [0.3, 0.4) is 0 Å². The maximum atomic E-state index is 13.0. The zero-order chi connectivity index (χ0) is 17.2. The molecule has 0 bridgehead atoms. The van der Waals surface area contributed by atoms with Gasteiger partial charge in [-0.2, -0.15) is 13.2 Å². The molecule has 3 nitrogen and oxygen atoms in total. The molecule has 1 aromatic rings. The highest BCUT2D eigenvalue weighted by Crippen LogP contribution is 2.44. The second-order valence-corrected chi connectivity index (χ2v) is 6.44. The van der Waals surface area contributed by atoms with Gasteiger partial charge >= 0.3 is 6.18 Å².